The number of rotatable bonds is 5. The monoisotopic (exact) mass is 267 g/mol. The largest absolute Gasteiger partial charge is 0.497 e. The summed E-state index contributed by atoms with van der Waals surface area (Å²) in [5.74, 6) is 0.731. The lowest BCUT2D eigenvalue weighted by Crippen LogP contribution is -2.02. The molecule has 20 heavy (non-hydrogen) atoms. The predicted octanol–water partition coefficient (Wildman–Crippen LogP) is 3.98. The van der Waals surface area contributed by atoms with E-state index in [2.05, 4.69) is 11.7 Å². The molecule has 2 aromatic carbocycles. The summed E-state index contributed by atoms with van der Waals surface area (Å²) in [5, 5.41) is 12.6. The Morgan fingerprint density at radius 3 is 2.45 bits per heavy atom. The third kappa shape index (κ3) is 3.26. The SMILES string of the molecule is C=C(C/C(=N/O)c1cccc(OC)c1)c1ccccc1. The third-order valence-electron chi connectivity index (χ3n) is 3.09. The minimum atomic E-state index is 0.480. The van der Waals surface area contributed by atoms with Crippen LogP contribution in [0.1, 0.15) is 17.5 Å². The minimum Gasteiger partial charge on any atom is -0.497 e. The molecule has 0 spiro atoms. The zero-order chi connectivity index (χ0) is 14.4. The molecule has 0 radical (unpaired) electrons. The topological polar surface area (TPSA) is 41.8 Å². The molecule has 1 N–H and O–H groups in total. The van der Waals surface area contributed by atoms with Crippen LogP contribution in [0.4, 0.5) is 0 Å². The number of benzene rings is 2. The van der Waals surface area contributed by atoms with Gasteiger partial charge in [0.15, 0.2) is 0 Å². The number of oxime groups is 1. The molecule has 102 valence electrons. The standard InChI is InChI=1S/C17H17NO2/c1-13(14-7-4-3-5-8-14)11-17(18-19)15-9-6-10-16(12-15)20-2/h3-10,12,19H,1,11H2,2H3/b18-17-. The predicted molar refractivity (Wildman–Crippen MR) is 81.4 cm³/mol. The van der Waals surface area contributed by atoms with Crippen molar-refractivity contribution in [3.05, 3.63) is 72.3 Å². The number of hydrogen-bond acceptors (Lipinski definition) is 3. The van der Waals surface area contributed by atoms with Crippen LogP contribution in [0.5, 0.6) is 5.75 Å². The molecule has 0 fully saturated rings. The van der Waals surface area contributed by atoms with E-state index in [1.165, 1.54) is 0 Å². The first-order valence-electron chi connectivity index (χ1n) is 6.33. The molecule has 0 aromatic heterocycles. The second-order valence-electron chi connectivity index (χ2n) is 4.43. The molecule has 0 heterocycles. The zero-order valence-corrected chi connectivity index (χ0v) is 11.4. The van der Waals surface area contributed by atoms with Crippen LogP contribution in [0, 0.1) is 0 Å². The molecule has 3 nitrogen and oxygen atoms in total. The molecule has 0 saturated heterocycles. The summed E-state index contributed by atoms with van der Waals surface area (Å²) in [5.41, 5.74) is 3.33. The number of allylic oxidation sites excluding steroid dienone is 1. The fourth-order valence-corrected chi connectivity index (χ4v) is 1.98. The van der Waals surface area contributed by atoms with Gasteiger partial charge >= 0.3 is 0 Å². The average molecular weight is 267 g/mol. The highest BCUT2D eigenvalue weighted by Gasteiger charge is 2.09. The highest BCUT2D eigenvalue weighted by Crippen LogP contribution is 2.21. The van der Waals surface area contributed by atoms with Gasteiger partial charge < -0.3 is 9.94 Å². The highest BCUT2D eigenvalue weighted by atomic mass is 16.5. The van der Waals surface area contributed by atoms with Crippen molar-refractivity contribution >= 4 is 11.3 Å². The normalized spacial score (nSPS) is 11.2. The number of nitrogens with zero attached hydrogens (tertiary/aromatic N) is 1. The molecule has 0 unspecified atom stereocenters. The van der Waals surface area contributed by atoms with Crippen LogP contribution in [0.15, 0.2) is 66.3 Å². The summed E-state index contributed by atoms with van der Waals surface area (Å²) in [6.07, 6.45) is 0.480. The highest BCUT2D eigenvalue weighted by molar-refractivity contribution is 6.05. The lowest BCUT2D eigenvalue weighted by molar-refractivity contribution is 0.318. The fourth-order valence-electron chi connectivity index (χ4n) is 1.98. The molecule has 0 amide bonds. The minimum absolute atomic E-state index is 0.480. The first-order valence-corrected chi connectivity index (χ1v) is 6.33. The van der Waals surface area contributed by atoms with Gasteiger partial charge in [-0.05, 0) is 23.3 Å². The summed E-state index contributed by atoms with van der Waals surface area (Å²) in [4.78, 5) is 0. The van der Waals surface area contributed by atoms with Gasteiger partial charge in [-0.25, -0.2) is 0 Å². The van der Waals surface area contributed by atoms with Crippen molar-refractivity contribution in [1.29, 1.82) is 0 Å². The fraction of sp³-hybridized carbons (Fsp3) is 0.118. The van der Waals surface area contributed by atoms with Crippen molar-refractivity contribution in [2.24, 2.45) is 5.16 Å². The van der Waals surface area contributed by atoms with E-state index in [1.807, 2.05) is 54.6 Å². The van der Waals surface area contributed by atoms with E-state index >= 15 is 0 Å². The zero-order valence-electron chi connectivity index (χ0n) is 11.4. The van der Waals surface area contributed by atoms with Gasteiger partial charge in [0.1, 0.15) is 5.75 Å². The number of hydrogen-bond donors (Lipinski definition) is 1. The first kappa shape index (κ1) is 13.9. The average Bonchev–Trinajstić information content (AvgIpc) is 2.53. The maximum absolute atomic E-state index is 9.24. The third-order valence-corrected chi connectivity index (χ3v) is 3.09. The lowest BCUT2D eigenvalue weighted by atomic mass is 9.98. The molecule has 2 aromatic rings. The Hall–Kier alpha value is -2.55. The van der Waals surface area contributed by atoms with Crippen LogP contribution in [0.2, 0.25) is 0 Å². The smallest absolute Gasteiger partial charge is 0.119 e. The van der Waals surface area contributed by atoms with Gasteiger partial charge in [0, 0.05) is 12.0 Å². The van der Waals surface area contributed by atoms with Crippen molar-refractivity contribution < 1.29 is 9.94 Å². The molecule has 0 aliphatic rings. The molecule has 0 saturated carbocycles. The van der Waals surface area contributed by atoms with E-state index in [4.69, 9.17) is 4.74 Å². The van der Waals surface area contributed by atoms with Gasteiger partial charge in [-0.1, -0.05) is 54.2 Å². The molecule has 3 heteroatoms. The molecule has 2 rings (SSSR count). The second kappa shape index (κ2) is 6.57. The second-order valence-corrected chi connectivity index (χ2v) is 4.43. The maximum Gasteiger partial charge on any atom is 0.119 e. The molecule has 0 atom stereocenters. The van der Waals surface area contributed by atoms with Crippen LogP contribution in [-0.4, -0.2) is 18.0 Å². The van der Waals surface area contributed by atoms with Gasteiger partial charge in [-0.2, -0.15) is 0 Å². The summed E-state index contributed by atoms with van der Waals surface area (Å²) in [6.45, 7) is 4.06. The van der Waals surface area contributed by atoms with Gasteiger partial charge in [-0.3, -0.25) is 0 Å². The van der Waals surface area contributed by atoms with E-state index in [0.717, 1.165) is 22.4 Å². The Balaban J connectivity index is 2.19. The van der Waals surface area contributed by atoms with E-state index in [0.29, 0.717) is 12.1 Å². The Kier molecular flexibility index (Phi) is 4.56. The molecular formula is C17H17NO2. The lowest BCUT2D eigenvalue weighted by Gasteiger charge is -2.09. The van der Waals surface area contributed by atoms with Crippen molar-refractivity contribution in [2.45, 2.75) is 6.42 Å². The van der Waals surface area contributed by atoms with Crippen LogP contribution < -0.4 is 4.74 Å². The van der Waals surface area contributed by atoms with Gasteiger partial charge in [0.2, 0.25) is 0 Å². The Labute approximate surface area is 118 Å². The van der Waals surface area contributed by atoms with E-state index < -0.39 is 0 Å². The Bertz CT molecular complexity index is 618. The van der Waals surface area contributed by atoms with Crippen molar-refractivity contribution in [3.8, 4) is 5.75 Å². The van der Waals surface area contributed by atoms with Crippen LogP contribution >= 0.6 is 0 Å². The van der Waals surface area contributed by atoms with Crippen LogP contribution in [-0.2, 0) is 0 Å². The van der Waals surface area contributed by atoms with E-state index in [1.54, 1.807) is 7.11 Å². The van der Waals surface area contributed by atoms with Crippen LogP contribution in [0.3, 0.4) is 0 Å². The first-order chi connectivity index (χ1) is 9.74. The Morgan fingerprint density at radius 1 is 1.10 bits per heavy atom. The summed E-state index contributed by atoms with van der Waals surface area (Å²) in [7, 11) is 1.61. The van der Waals surface area contributed by atoms with Crippen LogP contribution in [0.25, 0.3) is 5.57 Å². The molecule has 0 aliphatic carbocycles. The molecule has 0 bridgehead atoms. The van der Waals surface area contributed by atoms with Gasteiger partial charge in [-0.15, -0.1) is 0 Å². The van der Waals surface area contributed by atoms with Gasteiger partial charge in [0.05, 0.1) is 12.8 Å². The summed E-state index contributed by atoms with van der Waals surface area (Å²) < 4.78 is 5.18. The Morgan fingerprint density at radius 2 is 1.80 bits per heavy atom. The van der Waals surface area contributed by atoms with Crippen molar-refractivity contribution in [3.63, 3.8) is 0 Å². The quantitative estimate of drug-likeness (QED) is 0.506. The summed E-state index contributed by atoms with van der Waals surface area (Å²) >= 11 is 0. The maximum atomic E-state index is 9.24. The number of methoxy groups -OCH3 is 1. The summed E-state index contributed by atoms with van der Waals surface area (Å²) in [6, 6.07) is 17.3. The van der Waals surface area contributed by atoms with Crippen molar-refractivity contribution in [1.82, 2.24) is 0 Å². The molecular weight excluding hydrogens is 250 g/mol. The van der Waals surface area contributed by atoms with E-state index in [9.17, 15) is 5.21 Å². The van der Waals surface area contributed by atoms with Crippen molar-refractivity contribution in [2.75, 3.05) is 7.11 Å². The molecule has 0 aliphatic heterocycles. The van der Waals surface area contributed by atoms with E-state index in [-0.39, 0.29) is 0 Å². The number of ether oxygens (including phenoxy) is 1. The van der Waals surface area contributed by atoms with Gasteiger partial charge in [0.25, 0.3) is 0 Å².